The number of para-hydroxylation sites is 2. The molecule has 0 aliphatic carbocycles. The van der Waals surface area contributed by atoms with Crippen LogP contribution in [0, 0.1) is 0 Å². The van der Waals surface area contributed by atoms with Crippen LogP contribution < -0.4 is 14.8 Å². The lowest BCUT2D eigenvalue weighted by molar-refractivity contribution is 0.0954. The van der Waals surface area contributed by atoms with Crippen molar-refractivity contribution in [3.05, 3.63) is 86.9 Å². The Morgan fingerprint density at radius 2 is 1.66 bits per heavy atom. The molecule has 0 saturated heterocycles. The first-order valence-corrected chi connectivity index (χ1v) is 12.0. The van der Waals surface area contributed by atoms with E-state index in [9.17, 15) is 13.2 Å². The van der Waals surface area contributed by atoms with E-state index in [1.54, 1.807) is 36.4 Å². The van der Waals surface area contributed by atoms with Gasteiger partial charge in [-0.3, -0.25) is 9.52 Å². The maximum absolute atomic E-state index is 13.0. The summed E-state index contributed by atoms with van der Waals surface area (Å²) in [5.74, 6) is -0.185. The maximum atomic E-state index is 13.0. The first kappa shape index (κ1) is 24.2. The van der Waals surface area contributed by atoms with E-state index in [1.807, 2.05) is 12.1 Å². The zero-order chi connectivity index (χ0) is 23.3. The van der Waals surface area contributed by atoms with Crippen molar-refractivity contribution in [2.75, 3.05) is 18.4 Å². The highest BCUT2D eigenvalue weighted by Gasteiger charge is 2.23. The SMILES string of the molecule is COc1ccccc1NS(=O)(=O)c1cc(C(=O)NCCc2ccc(Cl)cc2)c(Cl)cc1Cl. The van der Waals surface area contributed by atoms with Crippen LogP contribution in [0.2, 0.25) is 15.1 Å². The van der Waals surface area contributed by atoms with Crippen LogP contribution in [-0.2, 0) is 16.4 Å². The first-order valence-electron chi connectivity index (χ1n) is 9.39. The van der Waals surface area contributed by atoms with Gasteiger partial charge in [0.05, 0.1) is 28.4 Å². The van der Waals surface area contributed by atoms with Crippen molar-refractivity contribution < 1.29 is 17.9 Å². The van der Waals surface area contributed by atoms with Crippen LogP contribution in [0.5, 0.6) is 5.75 Å². The number of ether oxygens (including phenoxy) is 1. The van der Waals surface area contributed by atoms with Crippen LogP contribution in [0.3, 0.4) is 0 Å². The van der Waals surface area contributed by atoms with Gasteiger partial charge in [0.25, 0.3) is 15.9 Å². The number of hydrogen-bond acceptors (Lipinski definition) is 4. The number of methoxy groups -OCH3 is 1. The van der Waals surface area contributed by atoms with Gasteiger partial charge in [-0.25, -0.2) is 8.42 Å². The highest BCUT2D eigenvalue weighted by atomic mass is 35.5. The van der Waals surface area contributed by atoms with Crippen molar-refractivity contribution in [1.29, 1.82) is 0 Å². The van der Waals surface area contributed by atoms with Crippen LogP contribution in [0.1, 0.15) is 15.9 Å². The Kier molecular flexibility index (Phi) is 7.90. The molecule has 32 heavy (non-hydrogen) atoms. The second-order valence-corrected chi connectivity index (χ2v) is 9.60. The van der Waals surface area contributed by atoms with E-state index >= 15 is 0 Å². The van der Waals surface area contributed by atoms with Crippen molar-refractivity contribution in [2.24, 2.45) is 0 Å². The number of amides is 1. The third kappa shape index (κ3) is 5.86. The van der Waals surface area contributed by atoms with Gasteiger partial charge in [-0.1, -0.05) is 59.1 Å². The largest absolute Gasteiger partial charge is 0.495 e. The van der Waals surface area contributed by atoms with Crippen LogP contribution in [0.25, 0.3) is 0 Å². The Labute approximate surface area is 201 Å². The molecule has 0 spiro atoms. The van der Waals surface area contributed by atoms with Gasteiger partial charge in [0, 0.05) is 11.6 Å². The summed E-state index contributed by atoms with van der Waals surface area (Å²) in [7, 11) is -2.70. The topological polar surface area (TPSA) is 84.5 Å². The molecule has 0 aliphatic rings. The molecule has 0 saturated carbocycles. The molecule has 0 radical (unpaired) electrons. The van der Waals surface area contributed by atoms with Crippen LogP contribution in [0.4, 0.5) is 5.69 Å². The summed E-state index contributed by atoms with van der Waals surface area (Å²) < 4.78 is 33.5. The fraction of sp³-hybridized carbons (Fsp3) is 0.136. The number of halogens is 3. The second kappa shape index (κ2) is 10.4. The predicted octanol–water partition coefficient (Wildman–Crippen LogP) is 5.43. The minimum atomic E-state index is -4.13. The number of carbonyl (C=O) groups is 1. The molecule has 3 aromatic carbocycles. The van der Waals surface area contributed by atoms with Gasteiger partial charge in [0.2, 0.25) is 0 Å². The van der Waals surface area contributed by atoms with Crippen molar-refractivity contribution in [1.82, 2.24) is 5.32 Å². The van der Waals surface area contributed by atoms with Gasteiger partial charge < -0.3 is 10.1 Å². The van der Waals surface area contributed by atoms with Crippen molar-refractivity contribution in [3.8, 4) is 5.75 Å². The lowest BCUT2D eigenvalue weighted by atomic mass is 10.1. The van der Waals surface area contributed by atoms with Crippen LogP contribution in [-0.4, -0.2) is 28.0 Å². The molecule has 0 aliphatic heterocycles. The smallest absolute Gasteiger partial charge is 0.263 e. The number of sulfonamides is 1. The van der Waals surface area contributed by atoms with E-state index in [0.29, 0.717) is 23.7 Å². The minimum Gasteiger partial charge on any atom is -0.495 e. The van der Waals surface area contributed by atoms with E-state index in [4.69, 9.17) is 39.5 Å². The van der Waals surface area contributed by atoms with Crippen LogP contribution in [0.15, 0.2) is 65.6 Å². The summed E-state index contributed by atoms with van der Waals surface area (Å²) in [4.78, 5) is 12.4. The lowest BCUT2D eigenvalue weighted by Crippen LogP contribution is -2.26. The van der Waals surface area contributed by atoms with Crippen LogP contribution >= 0.6 is 34.8 Å². The molecule has 0 fully saturated rings. The summed E-state index contributed by atoms with van der Waals surface area (Å²) in [5.41, 5.74) is 1.21. The molecular weight excluding hydrogens is 495 g/mol. The number of carbonyl (C=O) groups excluding carboxylic acids is 1. The Morgan fingerprint density at radius 3 is 2.34 bits per heavy atom. The molecule has 3 rings (SSSR count). The van der Waals surface area contributed by atoms with Gasteiger partial charge >= 0.3 is 0 Å². The minimum absolute atomic E-state index is 0.00688. The number of rotatable bonds is 8. The molecule has 6 nitrogen and oxygen atoms in total. The number of anilines is 1. The molecule has 10 heteroatoms. The summed E-state index contributed by atoms with van der Waals surface area (Å²) in [6.07, 6.45) is 0.564. The average molecular weight is 514 g/mol. The fourth-order valence-corrected chi connectivity index (χ4v) is 4.96. The summed E-state index contributed by atoms with van der Waals surface area (Å²) in [6, 6.07) is 16.2. The molecule has 1 amide bonds. The van der Waals surface area contributed by atoms with Crippen molar-refractivity contribution in [3.63, 3.8) is 0 Å². The number of benzene rings is 3. The van der Waals surface area contributed by atoms with Crippen molar-refractivity contribution in [2.45, 2.75) is 11.3 Å². The molecule has 0 heterocycles. The third-order valence-electron chi connectivity index (χ3n) is 4.52. The summed E-state index contributed by atoms with van der Waals surface area (Å²) in [6.45, 7) is 0.320. The Bertz CT molecular complexity index is 1230. The zero-order valence-corrected chi connectivity index (χ0v) is 19.9. The molecule has 0 bridgehead atoms. The quantitative estimate of drug-likeness (QED) is 0.421. The maximum Gasteiger partial charge on any atom is 0.263 e. The fourth-order valence-electron chi connectivity index (χ4n) is 2.90. The first-order chi connectivity index (χ1) is 15.2. The molecule has 0 unspecified atom stereocenters. The van der Waals surface area contributed by atoms with E-state index in [0.717, 1.165) is 11.6 Å². The Morgan fingerprint density at radius 1 is 0.969 bits per heavy atom. The lowest BCUT2D eigenvalue weighted by Gasteiger charge is -2.14. The van der Waals surface area contributed by atoms with Gasteiger partial charge in [-0.2, -0.15) is 0 Å². The molecule has 3 aromatic rings. The molecule has 0 atom stereocenters. The number of nitrogens with one attached hydrogen (secondary N) is 2. The molecule has 168 valence electrons. The average Bonchev–Trinajstić information content (AvgIpc) is 2.75. The normalized spacial score (nSPS) is 11.1. The van der Waals surface area contributed by atoms with Crippen molar-refractivity contribution >= 4 is 56.4 Å². The summed E-state index contributed by atoms with van der Waals surface area (Å²) in [5, 5.41) is 3.28. The highest BCUT2D eigenvalue weighted by molar-refractivity contribution is 7.92. The predicted molar refractivity (Wildman–Crippen MR) is 128 cm³/mol. The molecular formula is C22H19Cl3N2O4S. The standard InChI is InChI=1S/C22H19Cl3N2O4S/c1-31-20-5-3-2-4-19(20)27-32(29,30)21-12-16(17(24)13-18(21)25)22(28)26-11-10-14-6-8-15(23)9-7-14/h2-9,12-13,27H,10-11H2,1H3,(H,26,28). The van der Waals surface area contributed by atoms with Gasteiger partial charge in [0.1, 0.15) is 10.6 Å². The van der Waals surface area contributed by atoms with Gasteiger partial charge in [-0.05, 0) is 48.4 Å². The molecule has 2 N–H and O–H groups in total. The van der Waals surface area contributed by atoms with E-state index in [2.05, 4.69) is 10.0 Å². The number of hydrogen-bond donors (Lipinski definition) is 2. The Hall–Kier alpha value is -2.45. The van der Waals surface area contributed by atoms with E-state index in [1.165, 1.54) is 13.2 Å². The van der Waals surface area contributed by atoms with Gasteiger partial charge in [0.15, 0.2) is 0 Å². The van der Waals surface area contributed by atoms with E-state index in [-0.39, 0.29) is 26.2 Å². The Balaban J connectivity index is 1.79. The third-order valence-corrected chi connectivity index (χ3v) is 6.91. The zero-order valence-electron chi connectivity index (χ0n) is 16.9. The summed E-state index contributed by atoms with van der Waals surface area (Å²) >= 11 is 18.2. The highest BCUT2D eigenvalue weighted by Crippen LogP contribution is 2.32. The van der Waals surface area contributed by atoms with Gasteiger partial charge in [-0.15, -0.1) is 0 Å². The monoisotopic (exact) mass is 512 g/mol. The molecule has 0 aromatic heterocycles. The second-order valence-electron chi connectivity index (χ2n) is 6.70. The van der Waals surface area contributed by atoms with E-state index < -0.39 is 15.9 Å².